The summed E-state index contributed by atoms with van der Waals surface area (Å²) >= 11 is 0. The van der Waals surface area contributed by atoms with Crippen LogP contribution >= 0.6 is 0 Å². The number of aromatic nitrogens is 2. The molecule has 0 saturated heterocycles. The standard InChI is InChI=1S/C15H23N3O/c1-12(13-5-8-19-10-13)17-14(15(2,3)4)9-18-7-6-16-11-18/h5-8,10-12,14,17H,9H2,1-4H3. The van der Waals surface area contributed by atoms with E-state index in [4.69, 9.17) is 4.42 Å². The van der Waals surface area contributed by atoms with Gasteiger partial charge in [-0.1, -0.05) is 20.8 Å². The van der Waals surface area contributed by atoms with E-state index >= 15 is 0 Å². The van der Waals surface area contributed by atoms with Gasteiger partial charge in [0.05, 0.1) is 18.9 Å². The second kappa shape index (κ2) is 5.61. The van der Waals surface area contributed by atoms with Crippen LogP contribution in [0.4, 0.5) is 0 Å². The number of nitrogens with one attached hydrogen (secondary N) is 1. The van der Waals surface area contributed by atoms with Gasteiger partial charge in [0, 0.05) is 36.6 Å². The Balaban J connectivity index is 2.06. The number of hydrogen-bond donors (Lipinski definition) is 1. The van der Waals surface area contributed by atoms with Gasteiger partial charge >= 0.3 is 0 Å². The molecular formula is C15H23N3O. The lowest BCUT2D eigenvalue weighted by atomic mass is 9.86. The minimum absolute atomic E-state index is 0.169. The van der Waals surface area contributed by atoms with Gasteiger partial charge in [0.1, 0.15) is 0 Å². The molecule has 0 aromatic carbocycles. The van der Waals surface area contributed by atoms with Gasteiger partial charge in [0.25, 0.3) is 0 Å². The van der Waals surface area contributed by atoms with Gasteiger partial charge in [-0.3, -0.25) is 0 Å². The van der Waals surface area contributed by atoms with E-state index in [9.17, 15) is 0 Å². The Morgan fingerprint density at radius 1 is 1.42 bits per heavy atom. The zero-order chi connectivity index (χ0) is 13.9. The topological polar surface area (TPSA) is 43.0 Å². The van der Waals surface area contributed by atoms with Gasteiger partial charge in [-0.15, -0.1) is 0 Å². The average molecular weight is 261 g/mol. The number of hydrogen-bond acceptors (Lipinski definition) is 3. The molecule has 4 nitrogen and oxygen atoms in total. The van der Waals surface area contributed by atoms with Gasteiger partial charge in [-0.2, -0.15) is 0 Å². The molecule has 0 radical (unpaired) electrons. The second-order valence-corrected chi connectivity index (χ2v) is 6.12. The average Bonchev–Trinajstić information content (AvgIpc) is 2.99. The molecule has 1 N–H and O–H groups in total. The van der Waals surface area contributed by atoms with Crippen LogP contribution < -0.4 is 5.32 Å². The molecule has 2 heterocycles. The van der Waals surface area contributed by atoms with Crippen LogP contribution in [0, 0.1) is 5.41 Å². The third kappa shape index (κ3) is 3.70. The maximum absolute atomic E-state index is 5.15. The van der Waals surface area contributed by atoms with Crippen LogP contribution in [-0.2, 0) is 6.54 Å². The van der Waals surface area contributed by atoms with Crippen LogP contribution in [0.2, 0.25) is 0 Å². The number of imidazole rings is 1. The number of rotatable bonds is 5. The van der Waals surface area contributed by atoms with Gasteiger partial charge in [0.2, 0.25) is 0 Å². The molecule has 2 atom stereocenters. The number of nitrogens with zero attached hydrogens (tertiary/aromatic N) is 2. The first-order valence-corrected chi connectivity index (χ1v) is 6.70. The Labute approximate surface area is 114 Å². The first kappa shape index (κ1) is 13.9. The Bertz CT molecular complexity index is 468. The Hall–Kier alpha value is -1.55. The fourth-order valence-electron chi connectivity index (χ4n) is 2.10. The first-order chi connectivity index (χ1) is 8.97. The molecule has 2 rings (SSSR count). The van der Waals surface area contributed by atoms with Crippen molar-refractivity contribution in [1.29, 1.82) is 0 Å². The van der Waals surface area contributed by atoms with Crippen LogP contribution in [-0.4, -0.2) is 15.6 Å². The molecule has 0 fully saturated rings. The third-order valence-electron chi connectivity index (χ3n) is 3.49. The lowest BCUT2D eigenvalue weighted by Crippen LogP contribution is -2.44. The SMILES string of the molecule is CC(NC(Cn1ccnc1)C(C)(C)C)c1ccoc1. The van der Waals surface area contributed by atoms with Gasteiger partial charge < -0.3 is 14.3 Å². The van der Waals surface area contributed by atoms with Crippen molar-refractivity contribution in [1.82, 2.24) is 14.9 Å². The zero-order valence-electron chi connectivity index (χ0n) is 12.1. The predicted molar refractivity (Wildman–Crippen MR) is 75.7 cm³/mol. The van der Waals surface area contributed by atoms with E-state index in [-0.39, 0.29) is 11.5 Å². The van der Waals surface area contributed by atoms with Crippen molar-refractivity contribution < 1.29 is 4.42 Å². The Morgan fingerprint density at radius 2 is 2.21 bits per heavy atom. The summed E-state index contributed by atoms with van der Waals surface area (Å²) in [6, 6.07) is 2.63. The molecule has 104 valence electrons. The summed E-state index contributed by atoms with van der Waals surface area (Å²) in [6.07, 6.45) is 9.20. The molecule has 0 aliphatic rings. The van der Waals surface area contributed by atoms with Crippen molar-refractivity contribution in [2.75, 3.05) is 0 Å². The summed E-state index contributed by atoms with van der Waals surface area (Å²) in [5, 5.41) is 3.69. The normalized spacial score (nSPS) is 15.4. The van der Waals surface area contributed by atoms with Crippen molar-refractivity contribution in [3.8, 4) is 0 Å². The molecule has 2 aromatic rings. The predicted octanol–water partition coefficient (Wildman–Crippen LogP) is 3.24. The minimum atomic E-state index is 0.169. The summed E-state index contributed by atoms with van der Waals surface area (Å²) in [4.78, 5) is 4.11. The molecule has 4 heteroatoms. The van der Waals surface area contributed by atoms with Crippen LogP contribution in [0.3, 0.4) is 0 Å². The monoisotopic (exact) mass is 261 g/mol. The van der Waals surface area contributed by atoms with E-state index in [0.29, 0.717) is 6.04 Å². The van der Waals surface area contributed by atoms with E-state index in [1.165, 1.54) is 5.56 Å². The van der Waals surface area contributed by atoms with E-state index in [1.807, 2.05) is 24.8 Å². The smallest absolute Gasteiger partial charge is 0.0950 e. The lowest BCUT2D eigenvalue weighted by molar-refractivity contribution is 0.225. The van der Waals surface area contributed by atoms with Crippen molar-refractivity contribution in [3.05, 3.63) is 42.9 Å². The maximum Gasteiger partial charge on any atom is 0.0950 e. The van der Waals surface area contributed by atoms with Crippen LogP contribution in [0.25, 0.3) is 0 Å². The highest BCUT2D eigenvalue weighted by molar-refractivity contribution is 5.10. The molecule has 0 spiro atoms. The van der Waals surface area contributed by atoms with Crippen molar-refractivity contribution in [3.63, 3.8) is 0 Å². The summed E-state index contributed by atoms with van der Waals surface area (Å²) in [6.45, 7) is 9.83. The first-order valence-electron chi connectivity index (χ1n) is 6.70. The Morgan fingerprint density at radius 3 is 2.74 bits per heavy atom. The third-order valence-corrected chi connectivity index (χ3v) is 3.49. The molecule has 2 aromatic heterocycles. The van der Waals surface area contributed by atoms with E-state index < -0.39 is 0 Å². The lowest BCUT2D eigenvalue weighted by Gasteiger charge is -2.34. The zero-order valence-corrected chi connectivity index (χ0v) is 12.1. The maximum atomic E-state index is 5.15. The molecule has 0 amide bonds. The van der Waals surface area contributed by atoms with Crippen LogP contribution in [0.5, 0.6) is 0 Å². The molecule has 0 aliphatic heterocycles. The highest BCUT2D eigenvalue weighted by Gasteiger charge is 2.26. The molecule has 19 heavy (non-hydrogen) atoms. The highest BCUT2D eigenvalue weighted by atomic mass is 16.3. The van der Waals surface area contributed by atoms with Gasteiger partial charge in [-0.25, -0.2) is 4.98 Å². The van der Waals surface area contributed by atoms with Crippen molar-refractivity contribution >= 4 is 0 Å². The van der Waals surface area contributed by atoms with Gasteiger partial charge in [-0.05, 0) is 18.4 Å². The van der Waals surface area contributed by atoms with E-state index in [2.05, 4.69) is 42.6 Å². The van der Waals surface area contributed by atoms with Crippen LogP contribution in [0.15, 0.2) is 41.7 Å². The van der Waals surface area contributed by atoms with Crippen LogP contribution in [0.1, 0.15) is 39.3 Å². The Kier molecular flexibility index (Phi) is 4.10. The molecule has 0 bridgehead atoms. The largest absolute Gasteiger partial charge is 0.472 e. The molecule has 0 aliphatic carbocycles. The highest BCUT2D eigenvalue weighted by Crippen LogP contribution is 2.24. The van der Waals surface area contributed by atoms with Crippen molar-refractivity contribution in [2.45, 2.75) is 46.3 Å². The van der Waals surface area contributed by atoms with E-state index in [1.54, 1.807) is 12.5 Å². The summed E-state index contributed by atoms with van der Waals surface area (Å²) in [7, 11) is 0. The summed E-state index contributed by atoms with van der Waals surface area (Å²) in [5.41, 5.74) is 1.35. The fourth-order valence-corrected chi connectivity index (χ4v) is 2.10. The molecule has 0 saturated carbocycles. The van der Waals surface area contributed by atoms with E-state index in [0.717, 1.165) is 6.54 Å². The van der Waals surface area contributed by atoms with Gasteiger partial charge in [0.15, 0.2) is 0 Å². The molecule has 2 unspecified atom stereocenters. The second-order valence-electron chi connectivity index (χ2n) is 6.12. The van der Waals surface area contributed by atoms with Crippen molar-refractivity contribution in [2.24, 2.45) is 5.41 Å². The molecular weight excluding hydrogens is 238 g/mol. The summed E-state index contributed by atoms with van der Waals surface area (Å²) < 4.78 is 7.27. The minimum Gasteiger partial charge on any atom is -0.472 e. The summed E-state index contributed by atoms with van der Waals surface area (Å²) in [5.74, 6) is 0. The number of furan rings is 1. The fraction of sp³-hybridized carbons (Fsp3) is 0.533. The quantitative estimate of drug-likeness (QED) is 0.898.